The molecule has 52 heavy (non-hydrogen) atoms. The lowest BCUT2D eigenvalue weighted by molar-refractivity contribution is 0.585. The lowest BCUT2D eigenvalue weighted by Crippen LogP contribution is -2.33. The van der Waals surface area contributed by atoms with E-state index in [0.717, 1.165) is 6.42 Å². The number of rotatable bonds is 7. The van der Waals surface area contributed by atoms with Crippen LogP contribution in [0, 0.1) is 0 Å². The zero-order chi connectivity index (χ0) is 35.1. The van der Waals surface area contributed by atoms with Gasteiger partial charge in [-0.3, -0.25) is 0 Å². The summed E-state index contributed by atoms with van der Waals surface area (Å²) in [6.07, 6.45) is 5.78. The van der Waals surface area contributed by atoms with Crippen LogP contribution < -0.4 is 4.90 Å². The van der Waals surface area contributed by atoms with Crippen molar-refractivity contribution in [2.24, 2.45) is 0 Å². The molecule has 0 saturated heterocycles. The molecule has 7 aromatic rings. The Bertz CT molecular complexity index is 2420. The molecule has 0 bridgehead atoms. The maximum Gasteiger partial charge on any atom is 0.0563 e. The van der Waals surface area contributed by atoms with Crippen LogP contribution in [0.1, 0.15) is 31.4 Å². The minimum Gasteiger partial charge on any atom is -0.334 e. The molecule has 1 heteroatoms. The maximum absolute atomic E-state index is 2.56. The predicted octanol–water partition coefficient (Wildman–Crippen LogP) is 13.6. The van der Waals surface area contributed by atoms with Gasteiger partial charge in [-0.2, -0.15) is 0 Å². The minimum atomic E-state index is -0.0944. The largest absolute Gasteiger partial charge is 0.334 e. The third-order valence-electron chi connectivity index (χ3n) is 11.1. The molecule has 0 heterocycles. The van der Waals surface area contributed by atoms with Gasteiger partial charge in [-0.05, 0) is 91.9 Å². The van der Waals surface area contributed by atoms with E-state index in [9.17, 15) is 0 Å². The first-order valence-electron chi connectivity index (χ1n) is 18.4. The van der Waals surface area contributed by atoms with E-state index < -0.39 is 0 Å². The highest BCUT2D eigenvalue weighted by Crippen LogP contribution is 2.52. The van der Waals surface area contributed by atoms with Crippen molar-refractivity contribution in [2.45, 2.75) is 31.7 Å². The fourth-order valence-electron chi connectivity index (χ4n) is 8.34. The molecule has 250 valence electrons. The van der Waals surface area contributed by atoms with Crippen LogP contribution in [0.2, 0.25) is 0 Å². The van der Waals surface area contributed by atoms with Crippen LogP contribution in [0.25, 0.3) is 50.1 Å². The van der Waals surface area contributed by atoms with Crippen LogP contribution >= 0.6 is 0 Å². The molecule has 0 N–H and O–H groups in total. The molecule has 7 aromatic carbocycles. The second kappa shape index (κ2) is 13.2. The fraction of sp³-hybridized carbons (Fsp3) is 0.0980. The van der Waals surface area contributed by atoms with Crippen molar-refractivity contribution in [2.75, 3.05) is 4.90 Å². The van der Waals surface area contributed by atoms with E-state index in [-0.39, 0.29) is 11.5 Å². The van der Waals surface area contributed by atoms with Gasteiger partial charge < -0.3 is 4.90 Å². The number of para-hydroxylation sites is 2. The smallest absolute Gasteiger partial charge is 0.0563 e. The van der Waals surface area contributed by atoms with Gasteiger partial charge in [-0.15, -0.1) is 0 Å². The summed E-state index contributed by atoms with van der Waals surface area (Å²) in [4.78, 5) is 2.56. The normalized spacial score (nSPS) is 15.6. The van der Waals surface area contributed by atoms with E-state index in [1.807, 2.05) is 0 Å². The van der Waals surface area contributed by atoms with E-state index in [1.165, 1.54) is 78.2 Å². The topological polar surface area (TPSA) is 3.24 Å². The molecule has 0 spiro atoms. The van der Waals surface area contributed by atoms with Crippen molar-refractivity contribution in [1.29, 1.82) is 0 Å². The second-order valence-electron chi connectivity index (χ2n) is 14.5. The number of fused-ring (bicyclic) bond motifs is 2. The van der Waals surface area contributed by atoms with Gasteiger partial charge in [0.2, 0.25) is 0 Å². The first-order valence-corrected chi connectivity index (χ1v) is 18.4. The summed E-state index contributed by atoms with van der Waals surface area (Å²) in [6.45, 7) is 4.84. The highest BCUT2D eigenvalue weighted by Gasteiger charge is 2.40. The first kappa shape index (κ1) is 31.8. The van der Waals surface area contributed by atoms with Crippen LogP contribution in [0.15, 0.2) is 200 Å². The van der Waals surface area contributed by atoms with E-state index in [1.54, 1.807) is 0 Å². The van der Waals surface area contributed by atoms with Gasteiger partial charge in [0.05, 0.1) is 6.04 Å². The van der Waals surface area contributed by atoms with Crippen molar-refractivity contribution in [1.82, 2.24) is 0 Å². The van der Waals surface area contributed by atoms with E-state index in [4.69, 9.17) is 0 Å². The molecule has 9 rings (SSSR count). The fourth-order valence-corrected chi connectivity index (χ4v) is 8.34. The predicted molar refractivity (Wildman–Crippen MR) is 221 cm³/mol. The molecule has 0 saturated carbocycles. The van der Waals surface area contributed by atoms with Gasteiger partial charge in [0.1, 0.15) is 0 Å². The number of hydrogen-bond donors (Lipinski definition) is 0. The van der Waals surface area contributed by atoms with Crippen molar-refractivity contribution >= 4 is 16.9 Å². The average molecular weight is 668 g/mol. The highest BCUT2D eigenvalue weighted by atomic mass is 15.2. The number of nitrogens with zero attached hydrogens (tertiary/aromatic N) is 1. The van der Waals surface area contributed by atoms with Crippen molar-refractivity contribution < 1.29 is 0 Å². The number of anilines is 2. The van der Waals surface area contributed by atoms with Crippen molar-refractivity contribution in [3.8, 4) is 44.5 Å². The molecule has 0 aliphatic heterocycles. The van der Waals surface area contributed by atoms with Gasteiger partial charge in [-0.25, -0.2) is 0 Å². The van der Waals surface area contributed by atoms with Gasteiger partial charge in [0, 0.05) is 22.4 Å². The summed E-state index contributed by atoms with van der Waals surface area (Å²) in [7, 11) is 0. The van der Waals surface area contributed by atoms with Gasteiger partial charge in [0.15, 0.2) is 0 Å². The lowest BCUT2D eigenvalue weighted by Gasteiger charge is -2.38. The monoisotopic (exact) mass is 667 g/mol. The number of benzene rings is 7. The van der Waals surface area contributed by atoms with Crippen LogP contribution in [0.5, 0.6) is 0 Å². The van der Waals surface area contributed by atoms with E-state index >= 15 is 0 Å². The molecule has 2 aliphatic carbocycles. The molecule has 0 aromatic heterocycles. The zero-order valence-corrected chi connectivity index (χ0v) is 29.7. The third-order valence-corrected chi connectivity index (χ3v) is 11.1. The maximum atomic E-state index is 2.56. The lowest BCUT2D eigenvalue weighted by atomic mass is 9.77. The molecule has 0 fully saturated rings. The Morgan fingerprint density at radius 2 is 0.942 bits per heavy atom. The highest BCUT2D eigenvalue weighted by molar-refractivity contribution is 5.90. The van der Waals surface area contributed by atoms with E-state index in [2.05, 4.69) is 213 Å². The van der Waals surface area contributed by atoms with Crippen LogP contribution in [0.4, 0.5) is 11.4 Å². The molecule has 1 nitrogen and oxygen atoms in total. The molecular weight excluding hydrogens is 627 g/mol. The third kappa shape index (κ3) is 5.69. The van der Waals surface area contributed by atoms with Crippen molar-refractivity contribution in [3.63, 3.8) is 0 Å². The Balaban J connectivity index is 1.04. The van der Waals surface area contributed by atoms with Gasteiger partial charge in [-0.1, -0.05) is 184 Å². The summed E-state index contributed by atoms with van der Waals surface area (Å²) in [5.74, 6) is 0. The average Bonchev–Trinajstić information content (AvgIpc) is 3.44. The number of hydrogen-bond acceptors (Lipinski definition) is 1. The number of allylic oxidation sites excluding steroid dienone is 2. The summed E-state index contributed by atoms with van der Waals surface area (Å²) in [5, 5.41) is 0. The molecule has 1 atom stereocenters. The summed E-state index contributed by atoms with van der Waals surface area (Å²) in [5.41, 5.74) is 17.9. The Labute approximate surface area is 307 Å². The Morgan fingerprint density at radius 1 is 0.462 bits per heavy atom. The Kier molecular flexibility index (Phi) is 8.05. The summed E-state index contributed by atoms with van der Waals surface area (Å²) >= 11 is 0. The summed E-state index contributed by atoms with van der Waals surface area (Å²) < 4.78 is 0. The van der Waals surface area contributed by atoms with E-state index in [0.29, 0.717) is 0 Å². The van der Waals surface area contributed by atoms with Crippen LogP contribution in [0.3, 0.4) is 0 Å². The second-order valence-corrected chi connectivity index (χ2v) is 14.5. The SMILES string of the molecule is CC1(C)C2=C(C=CC(N(c3ccccc3)c3ccccc3-c3ccc(-c4ccccc4)cc3)C2)c2ccc(-c3ccc(-c4ccccc4)cc3)cc21. The standard InChI is InChI=1S/C51H41N/c1-51(2)48-34-42(40-24-22-38(23-25-40)36-14-6-3-7-15-36)30-32-46(48)47-33-31-44(35-49(47)51)52(43-18-10-5-11-19-43)50-21-13-12-20-45(50)41-28-26-39(27-29-41)37-16-8-4-9-17-37/h3-34,44H,35H2,1-2H3. The minimum absolute atomic E-state index is 0.0944. The molecule has 0 amide bonds. The molecular formula is C51H41N. The van der Waals surface area contributed by atoms with Gasteiger partial charge >= 0.3 is 0 Å². The molecule has 0 radical (unpaired) electrons. The molecule has 2 aliphatic rings. The Hall–Kier alpha value is -6.18. The van der Waals surface area contributed by atoms with Crippen LogP contribution in [-0.2, 0) is 5.41 Å². The molecule has 1 unspecified atom stereocenters. The van der Waals surface area contributed by atoms with Crippen molar-refractivity contribution in [3.05, 3.63) is 211 Å². The van der Waals surface area contributed by atoms with Crippen LogP contribution in [-0.4, -0.2) is 6.04 Å². The summed E-state index contributed by atoms with van der Waals surface area (Å²) in [6, 6.07) is 66.3. The zero-order valence-electron chi connectivity index (χ0n) is 29.7. The quantitative estimate of drug-likeness (QED) is 0.164. The van der Waals surface area contributed by atoms with Gasteiger partial charge in [0.25, 0.3) is 0 Å². The Morgan fingerprint density at radius 3 is 1.56 bits per heavy atom. The first-order chi connectivity index (χ1) is 25.5.